The Morgan fingerprint density at radius 2 is 1.75 bits per heavy atom. The number of esters is 1. The molecule has 0 bridgehead atoms. The maximum Gasteiger partial charge on any atom is 0.398 e. The monoisotopic (exact) mass is 413 g/mol. The van der Waals surface area contributed by atoms with Gasteiger partial charge in [-0.05, 0) is 30.7 Å². The van der Waals surface area contributed by atoms with Crippen LogP contribution in [0.2, 0.25) is 5.02 Å². The van der Waals surface area contributed by atoms with E-state index in [1.54, 1.807) is 13.0 Å². The molecule has 2 aromatic rings. The number of carbonyl (C=O) groups is 3. The van der Waals surface area contributed by atoms with Crippen LogP contribution >= 0.6 is 11.6 Å². The van der Waals surface area contributed by atoms with Crippen LogP contribution in [0.15, 0.2) is 24.4 Å². The second-order valence-electron chi connectivity index (χ2n) is 4.70. The minimum atomic E-state index is -1.12. The largest absolute Gasteiger partial charge is 0.459 e. The molecule has 0 aliphatic heterocycles. The van der Waals surface area contributed by atoms with Gasteiger partial charge in [0.05, 0.1) is 18.1 Å². The number of fused-ring (bicyclic) bond motifs is 1. The molecule has 28 heavy (non-hydrogen) atoms. The summed E-state index contributed by atoms with van der Waals surface area (Å²) in [6, 6.07) is 4.25. The quantitative estimate of drug-likeness (QED) is 0.457. The fraction of sp³-hybridized carbons (Fsp3) is 0.368. The van der Waals surface area contributed by atoms with Crippen LogP contribution in [0.3, 0.4) is 0 Å². The van der Waals surface area contributed by atoms with Gasteiger partial charge >= 0.3 is 11.9 Å². The van der Waals surface area contributed by atoms with Gasteiger partial charge in [0, 0.05) is 11.6 Å². The summed E-state index contributed by atoms with van der Waals surface area (Å²) in [6.45, 7) is 9.58. The molecule has 1 aromatic carbocycles. The van der Waals surface area contributed by atoms with E-state index in [2.05, 4.69) is 9.72 Å². The van der Waals surface area contributed by atoms with Gasteiger partial charge < -0.3 is 4.74 Å². The molecule has 2 amide bonds. The smallest absolute Gasteiger partial charge is 0.398 e. The third kappa shape index (κ3) is 7.87. The molecule has 0 unspecified atom stereocenters. The summed E-state index contributed by atoms with van der Waals surface area (Å²) < 4.78 is 18.4. The van der Waals surface area contributed by atoms with E-state index in [0.717, 1.165) is 6.07 Å². The van der Waals surface area contributed by atoms with Crippen LogP contribution in [-0.2, 0) is 25.5 Å². The van der Waals surface area contributed by atoms with Crippen LogP contribution in [-0.4, -0.2) is 29.4 Å². The van der Waals surface area contributed by atoms with Crippen molar-refractivity contribution in [1.29, 1.82) is 0 Å². The summed E-state index contributed by atoms with van der Waals surface area (Å²) in [6.07, 6.45) is 1.10. The van der Waals surface area contributed by atoms with E-state index in [1.807, 2.05) is 38.5 Å². The number of hydrogen-bond donors (Lipinski definition) is 2. The maximum absolute atomic E-state index is 14.0. The number of rotatable bonds is 3. The summed E-state index contributed by atoms with van der Waals surface area (Å²) in [5, 5.41) is 0.783. The number of halogens is 2. The van der Waals surface area contributed by atoms with Crippen LogP contribution in [0.5, 0.6) is 0 Å². The maximum atomic E-state index is 14.0. The van der Waals surface area contributed by atoms with Crippen LogP contribution < -0.4 is 10.9 Å². The Labute approximate surface area is 168 Å². The van der Waals surface area contributed by atoms with E-state index < -0.39 is 23.6 Å². The zero-order valence-corrected chi connectivity index (χ0v) is 17.3. The first-order valence-electron chi connectivity index (χ1n) is 8.90. The van der Waals surface area contributed by atoms with Crippen molar-refractivity contribution in [2.24, 2.45) is 0 Å². The van der Waals surface area contributed by atoms with Crippen molar-refractivity contribution in [1.82, 2.24) is 15.8 Å². The molecule has 0 saturated carbocycles. The van der Waals surface area contributed by atoms with Crippen LogP contribution in [0.25, 0.3) is 10.9 Å². The first-order chi connectivity index (χ1) is 13.4. The van der Waals surface area contributed by atoms with Crippen LogP contribution in [0.1, 0.15) is 40.2 Å². The van der Waals surface area contributed by atoms with E-state index in [4.69, 9.17) is 11.6 Å². The van der Waals surface area contributed by atoms with Crippen molar-refractivity contribution in [2.75, 3.05) is 6.61 Å². The SMILES string of the molecule is CC.CC.CCOC(=O)C(=O)NNC(=O)Cc1cc(F)c2ncc(Cl)cc2c1. The number of hydrazine groups is 1. The molecule has 2 rings (SSSR count). The van der Waals surface area contributed by atoms with Gasteiger partial charge in [0.25, 0.3) is 0 Å². The molecule has 0 saturated heterocycles. The molecule has 1 heterocycles. The molecule has 7 nitrogen and oxygen atoms in total. The predicted octanol–water partition coefficient (Wildman–Crippen LogP) is 3.33. The van der Waals surface area contributed by atoms with Crippen LogP contribution in [0.4, 0.5) is 4.39 Å². The highest BCUT2D eigenvalue weighted by atomic mass is 35.5. The number of benzene rings is 1. The minimum absolute atomic E-state index is 0.0349. The number of aromatic nitrogens is 1. The van der Waals surface area contributed by atoms with Crippen molar-refractivity contribution in [3.05, 3.63) is 40.8 Å². The average Bonchev–Trinajstić information content (AvgIpc) is 2.69. The second-order valence-corrected chi connectivity index (χ2v) is 5.14. The average molecular weight is 414 g/mol. The van der Waals surface area contributed by atoms with E-state index in [0.29, 0.717) is 16.0 Å². The van der Waals surface area contributed by atoms with Crippen molar-refractivity contribution in [3.8, 4) is 0 Å². The topological polar surface area (TPSA) is 97.4 Å². The Morgan fingerprint density at radius 3 is 2.36 bits per heavy atom. The van der Waals surface area contributed by atoms with Gasteiger partial charge in [0.1, 0.15) is 11.3 Å². The van der Waals surface area contributed by atoms with Gasteiger partial charge in [-0.3, -0.25) is 25.4 Å². The number of nitrogens with zero attached hydrogens (tertiary/aromatic N) is 1. The summed E-state index contributed by atoms with van der Waals surface area (Å²) >= 11 is 5.81. The summed E-state index contributed by atoms with van der Waals surface area (Å²) in [5.74, 6) is -3.45. The fourth-order valence-corrected chi connectivity index (χ4v) is 2.11. The molecule has 0 spiro atoms. The normalized spacial score (nSPS) is 9.25. The molecular formula is C19H25ClFN3O4. The Balaban J connectivity index is 0.00000171. The lowest BCUT2D eigenvalue weighted by atomic mass is 10.1. The first-order valence-corrected chi connectivity index (χ1v) is 9.28. The summed E-state index contributed by atoms with van der Waals surface area (Å²) in [7, 11) is 0. The highest BCUT2D eigenvalue weighted by Crippen LogP contribution is 2.21. The molecule has 0 fully saturated rings. The molecule has 1 aromatic heterocycles. The minimum Gasteiger partial charge on any atom is -0.459 e. The Kier molecular flexibility index (Phi) is 12.1. The highest BCUT2D eigenvalue weighted by Gasteiger charge is 2.15. The number of hydrogen-bond acceptors (Lipinski definition) is 5. The van der Waals surface area contributed by atoms with Crippen LogP contribution in [0, 0.1) is 5.82 Å². The molecular weight excluding hydrogens is 389 g/mol. The first kappa shape index (κ1) is 25.3. The Morgan fingerprint density at radius 1 is 1.11 bits per heavy atom. The number of carbonyl (C=O) groups excluding carboxylic acids is 3. The fourth-order valence-electron chi connectivity index (χ4n) is 1.94. The van der Waals surface area contributed by atoms with E-state index in [9.17, 15) is 18.8 Å². The second kappa shape index (κ2) is 13.4. The lowest BCUT2D eigenvalue weighted by Gasteiger charge is -2.08. The number of ether oxygens (including phenoxy) is 1. The highest BCUT2D eigenvalue weighted by molar-refractivity contribution is 6.32. The lowest BCUT2D eigenvalue weighted by Crippen LogP contribution is -2.46. The van der Waals surface area contributed by atoms with Gasteiger partial charge in [0.15, 0.2) is 0 Å². The molecule has 0 aliphatic carbocycles. The van der Waals surface area contributed by atoms with E-state index >= 15 is 0 Å². The van der Waals surface area contributed by atoms with Crippen molar-refractivity contribution >= 4 is 40.3 Å². The van der Waals surface area contributed by atoms with Gasteiger partial charge in [0.2, 0.25) is 5.91 Å². The third-order valence-electron chi connectivity index (χ3n) is 2.90. The number of nitrogens with one attached hydrogen (secondary N) is 2. The third-order valence-corrected chi connectivity index (χ3v) is 3.11. The zero-order chi connectivity index (χ0) is 21.7. The van der Waals surface area contributed by atoms with Crippen molar-refractivity contribution in [3.63, 3.8) is 0 Å². The predicted molar refractivity (Wildman–Crippen MR) is 106 cm³/mol. The van der Waals surface area contributed by atoms with Gasteiger partial charge in [-0.25, -0.2) is 9.18 Å². The van der Waals surface area contributed by atoms with Gasteiger partial charge in [-0.1, -0.05) is 39.3 Å². The van der Waals surface area contributed by atoms with E-state index in [-0.39, 0.29) is 18.5 Å². The van der Waals surface area contributed by atoms with Crippen molar-refractivity contribution < 1.29 is 23.5 Å². The molecule has 154 valence electrons. The summed E-state index contributed by atoms with van der Waals surface area (Å²) in [5.41, 5.74) is 4.45. The van der Waals surface area contributed by atoms with E-state index in [1.165, 1.54) is 12.3 Å². The molecule has 0 atom stereocenters. The molecule has 2 N–H and O–H groups in total. The Bertz CT molecular complexity index is 815. The number of pyridine rings is 1. The van der Waals surface area contributed by atoms with Gasteiger partial charge in [-0.2, -0.15) is 0 Å². The number of amides is 2. The van der Waals surface area contributed by atoms with Gasteiger partial charge in [-0.15, -0.1) is 0 Å². The van der Waals surface area contributed by atoms with Crippen molar-refractivity contribution in [2.45, 2.75) is 41.0 Å². The molecule has 0 radical (unpaired) electrons. The lowest BCUT2D eigenvalue weighted by molar-refractivity contribution is -0.155. The molecule has 0 aliphatic rings. The standard InChI is InChI=1S/C15H13ClFN3O4.2C2H6/c1-2-24-15(23)14(22)20-19-12(21)5-8-3-9-6-10(16)7-18-13(9)11(17)4-8;2*1-2/h3-4,6-7H,2,5H2,1H3,(H,19,21)(H,20,22);2*1-2H3. The summed E-state index contributed by atoms with van der Waals surface area (Å²) in [4.78, 5) is 38.0. The Hall–Kier alpha value is -2.74. The zero-order valence-electron chi connectivity index (χ0n) is 16.6. The molecule has 9 heteroatoms.